The highest BCUT2D eigenvalue weighted by Crippen LogP contribution is 2.40. The molecule has 1 aromatic carbocycles. The normalized spacial score (nSPS) is 14.5. The number of thiophene rings is 1. The maximum atomic E-state index is 13.0. The Morgan fingerprint density at radius 3 is 2.89 bits per heavy atom. The van der Waals surface area contributed by atoms with E-state index >= 15 is 0 Å². The predicted molar refractivity (Wildman–Crippen MR) is 115 cm³/mol. The first-order valence-corrected chi connectivity index (χ1v) is 10.8. The van der Waals surface area contributed by atoms with Gasteiger partial charge in [-0.05, 0) is 55.0 Å². The molecule has 3 aromatic rings. The van der Waals surface area contributed by atoms with Crippen LogP contribution in [0.5, 0.6) is 0 Å². The van der Waals surface area contributed by atoms with Crippen LogP contribution in [0.25, 0.3) is 10.9 Å². The number of halogens is 1. The molecule has 2 heterocycles. The zero-order valence-electron chi connectivity index (χ0n) is 15.0. The number of nitrogens with one attached hydrogen (secondary N) is 1. The number of amides is 1. The van der Waals surface area contributed by atoms with Crippen LogP contribution in [0, 0.1) is 0 Å². The molecule has 138 valence electrons. The largest absolute Gasteiger partial charge is 0.272 e. The van der Waals surface area contributed by atoms with E-state index in [1.165, 1.54) is 0 Å². The number of nitrogens with zero attached hydrogens (tertiary/aromatic N) is 2. The monoisotopic (exact) mass is 441 g/mol. The molecule has 0 radical (unpaired) electrons. The number of aromatic nitrogens is 1. The van der Waals surface area contributed by atoms with E-state index in [4.69, 9.17) is 4.98 Å². The highest BCUT2D eigenvalue weighted by atomic mass is 79.9. The second-order valence-electron chi connectivity index (χ2n) is 6.76. The Balaban J connectivity index is 1.69. The second-order valence-corrected chi connectivity index (χ2v) is 8.62. The van der Waals surface area contributed by atoms with Gasteiger partial charge in [0.1, 0.15) is 0 Å². The van der Waals surface area contributed by atoms with Crippen molar-refractivity contribution in [2.24, 2.45) is 5.10 Å². The molecular formula is C21H20BrN3OS. The number of carbonyl (C=O) groups excluding carboxylic acids is 1. The van der Waals surface area contributed by atoms with Gasteiger partial charge in [-0.1, -0.05) is 35.3 Å². The molecule has 27 heavy (non-hydrogen) atoms. The van der Waals surface area contributed by atoms with Gasteiger partial charge in [-0.2, -0.15) is 5.10 Å². The Morgan fingerprint density at radius 1 is 1.33 bits per heavy atom. The molecule has 4 rings (SSSR count). The quantitative estimate of drug-likeness (QED) is 0.384. The fourth-order valence-electron chi connectivity index (χ4n) is 3.09. The number of fused-ring (bicyclic) bond motifs is 1. The average molecular weight is 442 g/mol. The molecule has 0 aliphatic heterocycles. The highest BCUT2D eigenvalue weighted by molar-refractivity contribution is 9.10. The van der Waals surface area contributed by atoms with Crippen LogP contribution in [0.2, 0.25) is 0 Å². The van der Waals surface area contributed by atoms with Gasteiger partial charge in [-0.25, -0.2) is 5.43 Å². The third-order valence-electron chi connectivity index (χ3n) is 4.62. The minimum atomic E-state index is -0.187. The third kappa shape index (κ3) is 4.12. The molecule has 0 unspecified atom stereocenters. The Hall–Kier alpha value is -2.05. The molecule has 1 aliphatic rings. The molecule has 0 atom stereocenters. The number of benzene rings is 1. The molecule has 0 bridgehead atoms. The molecule has 4 nitrogen and oxygen atoms in total. The summed E-state index contributed by atoms with van der Waals surface area (Å²) in [6, 6.07) is 11.8. The minimum absolute atomic E-state index is 0.187. The van der Waals surface area contributed by atoms with Crippen molar-refractivity contribution >= 4 is 49.8 Å². The van der Waals surface area contributed by atoms with Crippen LogP contribution in [-0.4, -0.2) is 16.6 Å². The van der Waals surface area contributed by atoms with Gasteiger partial charge in [0.05, 0.1) is 21.7 Å². The van der Waals surface area contributed by atoms with Gasteiger partial charge >= 0.3 is 0 Å². The molecule has 1 saturated carbocycles. The SMILES string of the molecule is CCCC(=NNC(=O)c1cc(C2CC2)nc2ccc(Br)cc12)c1cccs1. The van der Waals surface area contributed by atoms with Gasteiger partial charge in [0.2, 0.25) is 0 Å². The lowest BCUT2D eigenvalue weighted by Crippen LogP contribution is -2.20. The first-order chi connectivity index (χ1) is 13.2. The molecule has 2 aromatic heterocycles. The number of hydrogen-bond acceptors (Lipinski definition) is 4. The van der Waals surface area contributed by atoms with Crippen molar-refractivity contribution in [1.29, 1.82) is 0 Å². The van der Waals surface area contributed by atoms with Crippen LogP contribution in [0.15, 0.2) is 51.4 Å². The van der Waals surface area contributed by atoms with Crippen molar-refractivity contribution in [3.8, 4) is 0 Å². The van der Waals surface area contributed by atoms with Gasteiger partial charge in [-0.3, -0.25) is 9.78 Å². The third-order valence-corrected chi connectivity index (χ3v) is 6.03. The Morgan fingerprint density at radius 2 is 2.19 bits per heavy atom. The molecular weight excluding hydrogens is 422 g/mol. The van der Waals surface area contributed by atoms with Gasteiger partial charge in [0.15, 0.2) is 0 Å². The van der Waals surface area contributed by atoms with E-state index in [2.05, 4.69) is 33.4 Å². The smallest absolute Gasteiger partial charge is 0.267 e. The predicted octanol–water partition coefficient (Wildman–Crippen LogP) is 5.87. The molecule has 1 aliphatic carbocycles. The lowest BCUT2D eigenvalue weighted by molar-refractivity contribution is 0.0956. The zero-order chi connectivity index (χ0) is 18.8. The Labute approximate surface area is 170 Å². The van der Waals surface area contributed by atoms with Crippen molar-refractivity contribution < 1.29 is 4.79 Å². The number of carbonyl (C=O) groups is 1. The van der Waals surface area contributed by atoms with Crippen molar-refractivity contribution in [1.82, 2.24) is 10.4 Å². The van der Waals surface area contributed by atoms with Gasteiger partial charge in [0, 0.05) is 21.5 Å². The van der Waals surface area contributed by atoms with E-state index in [0.717, 1.165) is 57.3 Å². The number of pyridine rings is 1. The first-order valence-electron chi connectivity index (χ1n) is 9.16. The van der Waals surface area contributed by atoms with Crippen molar-refractivity contribution in [3.63, 3.8) is 0 Å². The molecule has 1 fully saturated rings. The van der Waals surface area contributed by atoms with Crippen LogP contribution >= 0.6 is 27.3 Å². The lowest BCUT2D eigenvalue weighted by Gasteiger charge is -2.10. The molecule has 0 saturated heterocycles. The molecule has 0 spiro atoms. The van der Waals surface area contributed by atoms with Crippen molar-refractivity contribution in [2.45, 2.75) is 38.5 Å². The summed E-state index contributed by atoms with van der Waals surface area (Å²) < 4.78 is 0.929. The van der Waals surface area contributed by atoms with Crippen LogP contribution in [0.1, 0.15) is 59.5 Å². The fourth-order valence-corrected chi connectivity index (χ4v) is 4.19. The molecule has 1 N–H and O–H groups in total. The van der Waals surface area contributed by atoms with Crippen molar-refractivity contribution in [3.05, 3.63) is 62.4 Å². The summed E-state index contributed by atoms with van der Waals surface area (Å²) in [7, 11) is 0. The van der Waals surface area contributed by atoms with E-state index in [0.29, 0.717) is 11.5 Å². The van der Waals surface area contributed by atoms with E-state index in [9.17, 15) is 4.79 Å². The lowest BCUT2D eigenvalue weighted by atomic mass is 10.1. The maximum Gasteiger partial charge on any atom is 0.272 e. The number of hydrogen-bond donors (Lipinski definition) is 1. The summed E-state index contributed by atoms with van der Waals surface area (Å²) >= 11 is 5.14. The summed E-state index contributed by atoms with van der Waals surface area (Å²) in [5.41, 5.74) is 6.19. The fraction of sp³-hybridized carbons (Fsp3) is 0.286. The highest BCUT2D eigenvalue weighted by Gasteiger charge is 2.27. The van der Waals surface area contributed by atoms with Crippen molar-refractivity contribution in [2.75, 3.05) is 0 Å². The van der Waals surface area contributed by atoms with Gasteiger partial charge < -0.3 is 0 Å². The topological polar surface area (TPSA) is 54.4 Å². The summed E-state index contributed by atoms with van der Waals surface area (Å²) in [5, 5.41) is 7.32. The van der Waals surface area contributed by atoms with Gasteiger partial charge in [0.25, 0.3) is 5.91 Å². The summed E-state index contributed by atoms with van der Waals surface area (Å²) in [6.45, 7) is 2.11. The van der Waals surface area contributed by atoms with E-state index in [1.807, 2.05) is 41.8 Å². The Bertz CT molecular complexity index is 1010. The first kappa shape index (κ1) is 18.3. The van der Waals surface area contributed by atoms with Crippen LogP contribution in [0.3, 0.4) is 0 Å². The van der Waals surface area contributed by atoms with Gasteiger partial charge in [-0.15, -0.1) is 11.3 Å². The zero-order valence-corrected chi connectivity index (χ0v) is 17.4. The minimum Gasteiger partial charge on any atom is -0.267 e. The van der Waals surface area contributed by atoms with Crippen LogP contribution < -0.4 is 5.43 Å². The standard InChI is InChI=1S/C21H20BrN3OS/c1-2-4-18(20-5-3-10-27-20)24-25-21(26)16-12-19(13-6-7-13)23-17-9-8-14(22)11-15(16)17/h3,5,8-13H,2,4,6-7H2,1H3,(H,25,26). The molecule has 6 heteroatoms. The molecule has 1 amide bonds. The van der Waals surface area contributed by atoms with Crippen LogP contribution in [-0.2, 0) is 0 Å². The second kappa shape index (κ2) is 7.90. The summed E-state index contributed by atoms with van der Waals surface area (Å²) in [6.07, 6.45) is 4.10. The van der Waals surface area contributed by atoms with E-state index < -0.39 is 0 Å². The van der Waals surface area contributed by atoms with E-state index in [1.54, 1.807) is 11.3 Å². The van der Waals surface area contributed by atoms with Crippen LogP contribution in [0.4, 0.5) is 0 Å². The number of rotatable bonds is 6. The summed E-state index contributed by atoms with van der Waals surface area (Å²) in [4.78, 5) is 18.8. The Kier molecular flexibility index (Phi) is 5.36. The van der Waals surface area contributed by atoms with E-state index in [-0.39, 0.29) is 5.91 Å². The summed E-state index contributed by atoms with van der Waals surface area (Å²) in [5.74, 6) is 0.294. The maximum absolute atomic E-state index is 13.0. The number of hydrazone groups is 1. The average Bonchev–Trinajstić information content (AvgIpc) is 3.38.